The van der Waals surface area contributed by atoms with Crippen molar-refractivity contribution in [2.45, 2.75) is 30.4 Å². The fraction of sp³-hybridized carbons (Fsp3) is 0.308. The number of hydrogen-bond donors (Lipinski definition) is 1. The Bertz CT molecular complexity index is 715. The number of carbonyl (C=O) groups excluding carboxylic acids is 1. The molecule has 1 aromatic carbocycles. The predicted octanol–water partition coefficient (Wildman–Crippen LogP) is 3.51. The van der Waals surface area contributed by atoms with Gasteiger partial charge in [-0.3, -0.25) is 20.2 Å². The van der Waals surface area contributed by atoms with Gasteiger partial charge in [0.05, 0.1) is 4.92 Å². The van der Waals surface area contributed by atoms with Gasteiger partial charge in [-0.1, -0.05) is 36.9 Å². The van der Waals surface area contributed by atoms with E-state index < -0.39 is 4.92 Å². The van der Waals surface area contributed by atoms with Gasteiger partial charge >= 0.3 is 0 Å². The number of aromatic nitrogens is 2. The molecule has 0 fully saturated rings. The van der Waals surface area contributed by atoms with E-state index in [4.69, 9.17) is 0 Å². The Kier molecular flexibility index (Phi) is 5.09. The van der Waals surface area contributed by atoms with Crippen molar-refractivity contribution in [1.29, 1.82) is 0 Å². The highest BCUT2D eigenvalue weighted by atomic mass is 32.2. The molecule has 7 nitrogen and oxygen atoms in total. The first-order valence-electron chi connectivity index (χ1n) is 6.43. The summed E-state index contributed by atoms with van der Waals surface area (Å²) in [7, 11) is 0. The van der Waals surface area contributed by atoms with Crippen LogP contribution in [0.2, 0.25) is 0 Å². The largest absolute Gasteiger partial charge is 0.296 e. The van der Waals surface area contributed by atoms with Crippen molar-refractivity contribution < 1.29 is 9.72 Å². The Morgan fingerprint density at radius 1 is 1.41 bits per heavy atom. The lowest BCUT2D eigenvalue weighted by Crippen LogP contribution is -2.12. The molecule has 116 valence electrons. The molecule has 1 amide bonds. The molecule has 0 spiro atoms. The van der Waals surface area contributed by atoms with Crippen LogP contribution in [0.25, 0.3) is 0 Å². The number of thioether (sulfide) groups is 1. The number of benzene rings is 1. The number of amides is 1. The van der Waals surface area contributed by atoms with Crippen molar-refractivity contribution in [3.05, 3.63) is 39.4 Å². The average molecular weight is 338 g/mol. The summed E-state index contributed by atoms with van der Waals surface area (Å²) in [6.45, 7) is 5.69. The molecule has 22 heavy (non-hydrogen) atoms. The number of aryl methyl sites for hydroxylation is 1. The molecule has 1 N–H and O–H groups in total. The van der Waals surface area contributed by atoms with Gasteiger partial charge in [-0.25, -0.2) is 0 Å². The summed E-state index contributed by atoms with van der Waals surface area (Å²) in [6.07, 6.45) is 0. The summed E-state index contributed by atoms with van der Waals surface area (Å²) >= 11 is 2.87. The molecule has 1 heterocycles. The van der Waals surface area contributed by atoms with E-state index in [9.17, 15) is 14.9 Å². The zero-order valence-electron chi connectivity index (χ0n) is 12.2. The zero-order chi connectivity index (χ0) is 16.3. The van der Waals surface area contributed by atoms with Crippen molar-refractivity contribution in [2.75, 3.05) is 5.32 Å². The number of rotatable bonds is 5. The second-order valence-corrected chi connectivity index (χ2v) is 7.55. The maximum Gasteiger partial charge on any atom is 0.272 e. The fourth-order valence-electron chi connectivity index (χ4n) is 1.68. The molecule has 0 atom stereocenters. The summed E-state index contributed by atoms with van der Waals surface area (Å²) in [5, 5.41) is 22.1. The zero-order valence-corrected chi connectivity index (χ0v) is 13.8. The quantitative estimate of drug-likeness (QED) is 0.388. The molecule has 0 aliphatic carbocycles. The summed E-state index contributed by atoms with van der Waals surface area (Å²) in [6, 6.07) is 4.23. The Labute approximate surface area is 135 Å². The number of nitro groups is 1. The topological polar surface area (TPSA) is 98.0 Å². The van der Waals surface area contributed by atoms with E-state index in [0.29, 0.717) is 21.5 Å². The summed E-state index contributed by atoms with van der Waals surface area (Å²) < 4.78 is 0.783. The smallest absolute Gasteiger partial charge is 0.272 e. The Hall–Kier alpha value is -2.00. The number of nitro benzene ring substituents is 1. The van der Waals surface area contributed by atoms with Crippen LogP contribution in [-0.4, -0.2) is 26.3 Å². The molecular weight excluding hydrogens is 324 g/mol. The molecule has 2 aromatic rings. The van der Waals surface area contributed by atoms with Crippen molar-refractivity contribution in [3.63, 3.8) is 0 Å². The van der Waals surface area contributed by atoms with E-state index in [1.54, 1.807) is 18.7 Å². The maximum atomic E-state index is 12.1. The van der Waals surface area contributed by atoms with Crippen LogP contribution in [0.15, 0.2) is 22.5 Å². The van der Waals surface area contributed by atoms with E-state index in [0.717, 1.165) is 4.34 Å². The summed E-state index contributed by atoms with van der Waals surface area (Å²) in [4.78, 5) is 22.4. The van der Waals surface area contributed by atoms with Gasteiger partial charge in [0.2, 0.25) is 5.13 Å². The molecule has 0 bridgehead atoms. The Balaban J connectivity index is 2.10. The molecular formula is C13H14N4O3S2. The SMILES string of the molecule is Cc1cc(C(=O)Nc2nnc(SC(C)C)s2)ccc1[N+](=O)[O-]. The first-order chi connectivity index (χ1) is 10.4. The molecule has 1 aromatic heterocycles. The molecule has 0 unspecified atom stereocenters. The monoisotopic (exact) mass is 338 g/mol. The van der Waals surface area contributed by atoms with Crippen LogP contribution in [0.5, 0.6) is 0 Å². The van der Waals surface area contributed by atoms with Crippen molar-refractivity contribution in [3.8, 4) is 0 Å². The lowest BCUT2D eigenvalue weighted by atomic mass is 10.1. The van der Waals surface area contributed by atoms with Gasteiger partial charge in [0.25, 0.3) is 11.6 Å². The van der Waals surface area contributed by atoms with Crippen molar-refractivity contribution >= 4 is 39.8 Å². The van der Waals surface area contributed by atoms with Gasteiger partial charge in [0.1, 0.15) is 0 Å². The van der Waals surface area contributed by atoms with Gasteiger partial charge < -0.3 is 0 Å². The van der Waals surface area contributed by atoms with Crippen LogP contribution in [0, 0.1) is 17.0 Å². The number of nitrogens with one attached hydrogen (secondary N) is 1. The van der Waals surface area contributed by atoms with Crippen LogP contribution in [0.1, 0.15) is 29.8 Å². The second-order valence-electron chi connectivity index (χ2n) is 4.75. The third-order valence-electron chi connectivity index (χ3n) is 2.62. The van der Waals surface area contributed by atoms with Gasteiger partial charge in [0.15, 0.2) is 4.34 Å². The molecule has 0 saturated carbocycles. The van der Waals surface area contributed by atoms with Crippen molar-refractivity contribution in [2.24, 2.45) is 0 Å². The van der Waals surface area contributed by atoms with E-state index in [1.807, 2.05) is 13.8 Å². The fourth-order valence-corrected chi connectivity index (χ4v) is 3.65. The minimum Gasteiger partial charge on any atom is -0.296 e. The molecule has 9 heteroatoms. The highest BCUT2D eigenvalue weighted by Gasteiger charge is 2.15. The number of anilines is 1. The van der Waals surface area contributed by atoms with E-state index in [2.05, 4.69) is 15.5 Å². The average Bonchev–Trinajstić information content (AvgIpc) is 2.84. The van der Waals surface area contributed by atoms with Crippen LogP contribution >= 0.6 is 23.1 Å². The first kappa shape index (κ1) is 16.4. The molecule has 2 rings (SSSR count). The number of carbonyl (C=O) groups is 1. The van der Waals surface area contributed by atoms with Crippen LogP contribution in [0.4, 0.5) is 10.8 Å². The Morgan fingerprint density at radius 2 is 2.14 bits per heavy atom. The molecule has 0 aliphatic rings. The van der Waals surface area contributed by atoms with E-state index in [1.165, 1.54) is 29.5 Å². The summed E-state index contributed by atoms with van der Waals surface area (Å²) in [5.74, 6) is -0.366. The van der Waals surface area contributed by atoms with Gasteiger partial charge in [-0.15, -0.1) is 10.2 Å². The highest BCUT2D eigenvalue weighted by molar-refractivity contribution is 8.01. The lowest BCUT2D eigenvalue weighted by Gasteiger charge is -2.03. The van der Waals surface area contributed by atoms with Crippen molar-refractivity contribution in [1.82, 2.24) is 10.2 Å². The molecule has 0 radical (unpaired) electrons. The van der Waals surface area contributed by atoms with Gasteiger partial charge in [-0.2, -0.15) is 0 Å². The van der Waals surface area contributed by atoms with E-state index >= 15 is 0 Å². The first-order valence-corrected chi connectivity index (χ1v) is 8.13. The third-order valence-corrected chi connectivity index (χ3v) is 4.55. The predicted molar refractivity (Wildman–Crippen MR) is 86.7 cm³/mol. The number of nitrogens with zero attached hydrogens (tertiary/aromatic N) is 3. The summed E-state index contributed by atoms with van der Waals surface area (Å²) in [5.41, 5.74) is 0.769. The third kappa shape index (κ3) is 4.01. The van der Waals surface area contributed by atoms with Crippen LogP contribution < -0.4 is 5.32 Å². The standard InChI is InChI=1S/C13H14N4O3S2/c1-7(2)21-13-16-15-12(22-13)14-11(18)9-4-5-10(17(19)20)8(3)6-9/h4-7H,1-3H3,(H,14,15,18). The van der Waals surface area contributed by atoms with Gasteiger partial charge in [-0.05, 0) is 19.1 Å². The van der Waals surface area contributed by atoms with E-state index in [-0.39, 0.29) is 11.6 Å². The van der Waals surface area contributed by atoms with Crippen LogP contribution in [0.3, 0.4) is 0 Å². The number of hydrogen-bond acceptors (Lipinski definition) is 7. The molecule has 0 saturated heterocycles. The highest BCUT2D eigenvalue weighted by Crippen LogP contribution is 2.28. The second kappa shape index (κ2) is 6.84. The Morgan fingerprint density at radius 3 is 2.73 bits per heavy atom. The normalized spacial score (nSPS) is 10.7. The van der Waals surface area contributed by atoms with Gasteiger partial charge in [0, 0.05) is 22.4 Å². The molecule has 0 aliphatic heterocycles. The lowest BCUT2D eigenvalue weighted by molar-refractivity contribution is -0.385. The minimum atomic E-state index is -0.475. The van der Waals surface area contributed by atoms with Crippen LogP contribution in [-0.2, 0) is 0 Å². The minimum absolute atomic E-state index is 0.0110. The maximum absolute atomic E-state index is 12.1.